The van der Waals surface area contributed by atoms with Crippen LogP contribution in [0.2, 0.25) is 0 Å². The Morgan fingerprint density at radius 2 is 1.87 bits per heavy atom. The number of nitrogens with one attached hydrogen (secondary N) is 2. The predicted octanol–water partition coefficient (Wildman–Crippen LogP) is 2.62. The van der Waals surface area contributed by atoms with Gasteiger partial charge in [0.15, 0.2) is 6.61 Å². The van der Waals surface area contributed by atoms with Crippen LogP contribution in [0.15, 0.2) is 53.9 Å². The smallest absolute Gasteiger partial charge is 0.321 e. The Hall–Kier alpha value is -2.97. The van der Waals surface area contributed by atoms with Gasteiger partial charge in [-0.1, -0.05) is 54.1 Å². The lowest BCUT2D eigenvalue weighted by molar-refractivity contribution is -0.147. The fourth-order valence-electron chi connectivity index (χ4n) is 3.39. The van der Waals surface area contributed by atoms with Gasteiger partial charge in [-0.15, -0.1) is 0 Å². The molecule has 0 aromatic heterocycles. The number of benzene rings is 2. The molecule has 0 aliphatic heterocycles. The van der Waals surface area contributed by atoms with E-state index in [1.54, 1.807) is 12.1 Å². The van der Waals surface area contributed by atoms with Crippen molar-refractivity contribution in [3.63, 3.8) is 0 Å². The normalized spacial score (nSPS) is 16.0. The Morgan fingerprint density at radius 1 is 1.13 bits per heavy atom. The molecule has 8 heteroatoms. The molecular formula is C23H26N2O5S. The third-order valence-corrected chi connectivity index (χ3v) is 6.04. The van der Waals surface area contributed by atoms with Gasteiger partial charge in [0, 0.05) is 5.41 Å². The van der Waals surface area contributed by atoms with Crippen molar-refractivity contribution in [2.45, 2.75) is 32.2 Å². The second-order valence-electron chi connectivity index (χ2n) is 7.45. The highest BCUT2D eigenvalue weighted by Gasteiger charge is 2.21. The molecule has 1 aliphatic carbocycles. The summed E-state index contributed by atoms with van der Waals surface area (Å²) in [5.74, 6) is -1.25. The highest BCUT2D eigenvalue weighted by Crippen LogP contribution is 2.29. The third-order valence-electron chi connectivity index (χ3n) is 5.00. The first-order chi connectivity index (χ1) is 14.8. The van der Waals surface area contributed by atoms with Crippen molar-refractivity contribution in [2.75, 3.05) is 13.2 Å². The molecule has 31 heavy (non-hydrogen) atoms. The number of carbonyl (C=O) groups is 2. The van der Waals surface area contributed by atoms with Gasteiger partial charge in [-0.3, -0.25) is 9.59 Å². The predicted molar refractivity (Wildman–Crippen MR) is 118 cm³/mol. The topological polar surface area (TPSA) is 102 Å². The van der Waals surface area contributed by atoms with Crippen LogP contribution in [0.5, 0.6) is 0 Å². The van der Waals surface area contributed by atoms with E-state index >= 15 is 0 Å². The second-order valence-corrected chi connectivity index (χ2v) is 9.10. The Labute approximate surface area is 182 Å². The van der Waals surface area contributed by atoms with Crippen molar-refractivity contribution in [2.24, 2.45) is 0 Å². The van der Waals surface area contributed by atoms with E-state index in [1.807, 2.05) is 43.3 Å². The molecule has 1 aliphatic rings. The molecule has 0 saturated heterocycles. The van der Waals surface area contributed by atoms with Crippen LogP contribution in [0.1, 0.15) is 41.1 Å². The molecule has 3 rings (SSSR count). The van der Waals surface area contributed by atoms with Crippen LogP contribution in [0.3, 0.4) is 0 Å². The van der Waals surface area contributed by atoms with Gasteiger partial charge >= 0.3 is 5.97 Å². The van der Waals surface area contributed by atoms with Gasteiger partial charge in [0.2, 0.25) is 10.0 Å². The van der Waals surface area contributed by atoms with Crippen LogP contribution in [-0.4, -0.2) is 33.4 Å². The lowest BCUT2D eigenvalue weighted by atomic mass is 9.88. The third kappa shape index (κ3) is 7.04. The maximum absolute atomic E-state index is 12.2. The summed E-state index contributed by atoms with van der Waals surface area (Å²) >= 11 is 0. The van der Waals surface area contributed by atoms with E-state index in [-0.39, 0.29) is 6.04 Å². The van der Waals surface area contributed by atoms with E-state index < -0.39 is 35.1 Å². The van der Waals surface area contributed by atoms with Gasteiger partial charge < -0.3 is 10.1 Å². The summed E-state index contributed by atoms with van der Waals surface area (Å²) in [5.41, 5.74) is 4.09. The molecule has 0 radical (unpaired) electrons. The Bertz CT molecular complexity index is 1060. The Kier molecular flexibility index (Phi) is 7.59. The zero-order chi connectivity index (χ0) is 22.3. The van der Waals surface area contributed by atoms with E-state index in [4.69, 9.17) is 4.74 Å². The molecule has 1 atom stereocenters. The Balaban J connectivity index is 1.42. The highest BCUT2D eigenvalue weighted by atomic mass is 32.2. The van der Waals surface area contributed by atoms with E-state index in [0.29, 0.717) is 0 Å². The SMILES string of the molecule is Cc1ccc(/C=C/S(=O)(=O)NCC(=O)OCC(=O)NC2CCCc3ccccc32)cc1. The van der Waals surface area contributed by atoms with E-state index in [2.05, 4.69) is 10.0 Å². The molecule has 0 spiro atoms. The van der Waals surface area contributed by atoms with Crippen molar-refractivity contribution < 1.29 is 22.7 Å². The van der Waals surface area contributed by atoms with Gasteiger partial charge in [-0.2, -0.15) is 0 Å². The zero-order valence-electron chi connectivity index (χ0n) is 17.3. The summed E-state index contributed by atoms with van der Waals surface area (Å²) in [6.07, 6.45) is 4.21. The molecule has 0 heterocycles. The molecule has 2 N–H and O–H groups in total. The maximum Gasteiger partial charge on any atom is 0.321 e. The summed E-state index contributed by atoms with van der Waals surface area (Å²) in [6.45, 7) is 0.921. The number of aryl methyl sites for hydroxylation is 2. The Morgan fingerprint density at radius 3 is 2.65 bits per heavy atom. The molecule has 7 nitrogen and oxygen atoms in total. The number of carbonyl (C=O) groups excluding carboxylic acids is 2. The molecule has 1 unspecified atom stereocenters. The van der Waals surface area contributed by atoms with Crippen LogP contribution in [0.25, 0.3) is 6.08 Å². The minimum absolute atomic E-state index is 0.110. The van der Waals surface area contributed by atoms with Gasteiger partial charge in [0.05, 0.1) is 6.04 Å². The monoisotopic (exact) mass is 442 g/mol. The number of sulfonamides is 1. The number of esters is 1. The standard InChI is InChI=1S/C23H26N2O5S/c1-17-9-11-18(12-10-17)13-14-31(28,29)24-15-23(27)30-16-22(26)25-21-8-4-6-19-5-2-3-7-20(19)21/h2-3,5,7,9-14,21,24H,4,6,8,15-16H2,1H3,(H,25,26)/b14-13+. The fourth-order valence-corrected chi connectivity index (χ4v) is 4.14. The molecule has 0 saturated carbocycles. The van der Waals surface area contributed by atoms with Gasteiger partial charge in [-0.25, -0.2) is 13.1 Å². The van der Waals surface area contributed by atoms with E-state index in [1.165, 1.54) is 11.6 Å². The van der Waals surface area contributed by atoms with Crippen molar-refractivity contribution in [3.8, 4) is 0 Å². The van der Waals surface area contributed by atoms with Crippen molar-refractivity contribution in [1.29, 1.82) is 0 Å². The van der Waals surface area contributed by atoms with Crippen LogP contribution in [0.4, 0.5) is 0 Å². The molecule has 2 aromatic rings. The number of ether oxygens (including phenoxy) is 1. The van der Waals surface area contributed by atoms with Crippen LogP contribution in [0, 0.1) is 6.92 Å². The summed E-state index contributed by atoms with van der Waals surface area (Å²) in [4.78, 5) is 24.0. The summed E-state index contributed by atoms with van der Waals surface area (Å²) in [5, 5.41) is 3.86. The molecule has 164 valence electrons. The zero-order valence-corrected chi connectivity index (χ0v) is 18.2. The van der Waals surface area contributed by atoms with E-state index in [0.717, 1.165) is 41.4 Å². The molecule has 0 bridgehead atoms. The first-order valence-electron chi connectivity index (χ1n) is 10.1. The molecule has 1 amide bonds. The largest absolute Gasteiger partial charge is 0.455 e. The van der Waals surface area contributed by atoms with Crippen molar-refractivity contribution >= 4 is 28.0 Å². The van der Waals surface area contributed by atoms with Crippen molar-refractivity contribution in [3.05, 3.63) is 76.2 Å². The minimum atomic E-state index is -3.81. The van der Waals surface area contributed by atoms with Gasteiger partial charge in [0.1, 0.15) is 6.54 Å². The molecular weight excluding hydrogens is 416 g/mol. The minimum Gasteiger partial charge on any atom is -0.455 e. The van der Waals surface area contributed by atoms with Crippen LogP contribution in [-0.2, 0) is 30.8 Å². The fraction of sp³-hybridized carbons (Fsp3) is 0.304. The molecule has 0 fully saturated rings. The van der Waals surface area contributed by atoms with E-state index in [9.17, 15) is 18.0 Å². The summed E-state index contributed by atoms with van der Waals surface area (Å²) < 4.78 is 31.1. The van der Waals surface area contributed by atoms with Gasteiger partial charge in [0.25, 0.3) is 5.91 Å². The van der Waals surface area contributed by atoms with Crippen molar-refractivity contribution in [1.82, 2.24) is 10.0 Å². The first-order valence-corrected chi connectivity index (χ1v) is 11.6. The second kappa shape index (κ2) is 10.4. The average molecular weight is 443 g/mol. The maximum atomic E-state index is 12.2. The van der Waals surface area contributed by atoms with Crippen LogP contribution >= 0.6 is 0 Å². The quantitative estimate of drug-likeness (QED) is 0.612. The number of fused-ring (bicyclic) bond motifs is 1. The number of amides is 1. The highest BCUT2D eigenvalue weighted by molar-refractivity contribution is 7.92. The van der Waals surface area contributed by atoms with Gasteiger partial charge in [-0.05, 0) is 49.0 Å². The number of rotatable bonds is 8. The average Bonchev–Trinajstić information content (AvgIpc) is 2.76. The van der Waals surface area contributed by atoms with Crippen LogP contribution < -0.4 is 10.0 Å². The lowest BCUT2D eigenvalue weighted by Gasteiger charge is -2.26. The lowest BCUT2D eigenvalue weighted by Crippen LogP contribution is -2.36. The summed E-state index contributed by atoms with van der Waals surface area (Å²) in [7, 11) is -3.81. The number of hydrogen-bond donors (Lipinski definition) is 2. The first kappa shape index (κ1) is 22.7. The molecule has 2 aromatic carbocycles. The number of hydrogen-bond acceptors (Lipinski definition) is 5. The summed E-state index contributed by atoms with van der Waals surface area (Å²) in [6, 6.07) is 15.2.